The first-order chi connectivity index (χ1) is 11.1. The van der Waals surface area contributed by atoms with Gasteiger partial charge in [-0.15, -0.1) is 0 Å². The van der Waals surface area contributed by atoms with Crippen molar-refractivity contribution in [1.82, 2.24) is 14.9 Å². The molecule has 0 bridgehead atoms. The van der Waals surface area contributed by atoms with E-state index in [4.69, 9.17) is 4.74 Å². The molecule has 1 aliphatic carbocycles. The third kappa shape index (κ3) is 2.96. The molecule has 5 heteroatoms. The van der Waals surface area contributed by atoms with Crippen LogP contribution in [0, 0.1) is 13.8 Å². The van der Waals surface area contributed by atoms with Gasteiger partial charge in [-0.05, 0) is 44.4 Å². The van der Waals surface area contributed by atoms with Crippen LogP contribution in [-0.4, -0.2) is 29.1 Å². The van der Waals surface area contributed by atoms with E-state index in [0.29, 0.717) is 6.54 Å². The summed E-state index contributed by atoms with van der Waals surface area (Å²) in [5.41, 5.74) is 1.85. The predicted molar refractivity (Wildman–Crippen MR) is 88.6 cm³/mol. The number of methoxy groups -OCH3 is 1. The fraction of sp³-hybridized carbons (Fsp3) is 0.444. The van der Waals surface area contributed by atoms with Gasteiger partial charge in [-0.1, -0.05) is 12.1 Å². The molecule has 1 aliphatic rings. The second-order valence-corrected chi connectivity index (χ2v) is 6.16. The summed E-state index contributed by atoms with van der Waals surface area (Å²) in [4.78, 5) is 16.9. The number of ether oxygens (including phenoxy) is 1. The van der Waals surface area contributed by atoms with Crippen molar-refractivity contribution in [3.05, 3.63) is 47.5 Å². The maximum Gasteiger partial charge on any atom is 0.230 e. The highest BCUT2D eigenvalue weighted by atomic mass is 16.5. The highest BCUT2D eigenvalue weighted by Crippen LogP contribution is 2.48. The Morgan fingerprint density at radius 3 is 2.52 bits per heavy atom. The number of hydrogen-bond acceptors (Lipinski definition) is 3. The molecule has 1 saturated carbocycles. The molecule has 1 amide bonds. The van der Waals surface area contributed by atoms with Gasteiger partial charge in [-0.2, -0.15) is 0 Å². The van der Waals surface area contributed by atoms with E-state index in [9.17, 15) is 4.79 Å². The molecule has 0 aliphatic heterocycles. The first-order valence-corrected chi connectivity index (χ1v) is 7.98. The van der Waals surface area contributed by atoms with E-state index in [1.54, 1.807) is 7.11 Å². The van der Waals surface area contributed by atoms with Crippen LogP contribution in [0.4, 0.5) is 0 Å². The van der Waals surface area contributed by atoms with E-state index in [1.807, 2.05) is 44.3 Å². The molecule has 0 unspecified atom stereocenters. The SMILES string of the molecule is COc1ccc(C2(C(=O)NCCn3c(C)cnc3C)CC2)cc1. The first-order valence-electron chi connectivity index (χ1n) is 7.98. The van der Waals surface area contributed by atoms with E-state index in [1.165, 1.54) is 0 Å². The Morgan fingerprint density at radius 2 is 2.00 bits per heavy atom. The molecule has 1 N–H and O–H groups in total. The molecule has 0 saturated heterocycles. The summed E-state index contributed by atoms with van der Waals surface area (Å²) in [6, 6.07) is 7.83. The summed E-state index contributed by atoms with van der Waals surface area (Å²) >= 11 is 0. The number of imidazole rings is 1. The second-order valence-electron chi connectivity index (χ2n) is 6.16. The van der Waals surface area contributed by atoms with Crippen molar-refractivity contribution in [3.63, 3.8) is 0 Å². The van der Waals surface area contributed by atoms with Crippen molar-refractivity contribution >= 4 is 5.91 Å². The summed E-state index contributed by atoms with van der Waals surface area (Å²) in [7, 11) is 1.65. The van der Waals surface area contributed by atoms with Crippen LogP contribution in [0.15, 0.2) is 30.5 Å². The highest BCUT2D eigenvalue weighted by molar-refractivity contribution is 5.91. The van der Waals surface area contributed by atoms with Crippen molar-refractivity contribution < 1.29 is 9.53 Å². The van der Waals surface area contributed by atoms with Gasteiger partial charge in [0.05, 0.1) is 12.5 Å². The molecule has 122 valence electrons. The van der Waals surface area contributed by atoms with Crippen LogP contribution in [0.25, 0.3) is 0 Å². The lowest BCUT2D eigenvalue weighted by molar-refractivity contribution is -0.123. The van der Waals surface area contributed by atoms with Crippen molar-refractivity contribution in [2.75, 3.05) is 13.7 Å². The number of aromatic nitrogens is 2. The number of benzene rings is 1. The van der Waals surface area contributed by atoms with Gasteiger partial charge in [0.1, 0.15) is 11.6 Å². The molecule has 3 rings (SSSR count). The molecular weight excluding hydrogens is 290 g/mol. The molecule has 1 heterocycles. The normalized spacial score (nSPS) is 15.3. The monoisotopic (exact) mass is 313 g/mol. The van der Waals surface area contributed by atoms with Crippen LogP contribution in [0.2, 0.25) is 0 Å². The van der Waals surface area contributed by atoms with Gasteiger partial charge < -0.3 is 14.6 Å². The Kier molecular flexibility index (Phi) is 4.11. The van der Waals surface area contributed by atoms with Crippen molar-refractivity contribution in [2.45, 2.75) is 38.6 Å². The number of amides is 1. The quantitative estimate of drug-likeness (QED) is 0.890. The van der Waals surface area contributed by atoms with Crippen LogP contribution in [0.5, 0.6) is 5.75 Å². The van der Waals surface area contributed by atoms with Crippen LogP contribution in [0.1, 0.15) is 29.9 Å². The first kappa shape index (κ1) is 15.6. The van der Waals surface area contributed by atoms with Gasteiger partial charge in [0.25, 0.3) is 0 Å². The maximum absolute atomic E-state index is 12.6. The Labute approximate surface area is 136 Å². The number of rotatable bonds is 6. The topological polar surface area (TPSA) is 56.1 Å². The van der Waals surface area contributed by atoms with Crippen molar-refractivity contribution in [3.8, 4) is 5.75 Å². The largest absolute Gasteiger partial charge is 0.497 e. The summed E-state index contributed by atoms with van der Waals surface area (Å²) in [6.07, 6.45) is 3.68. The molecule has 0 spiro atoms. The number of carbonyl (C=O) groups is 1. The number of aryl methyl sites for hydroxylation is 2. The number of nitrogens with one attached hydrogen (secondary N) is 1. The van der Waals surface area contributed by atoms with Crippen LogP contribution in [-0.2, 0) is 16.8 Å². The minimum atomic E-state index is -0.342. The zero-order valence-electron chi connectivity index (χ0n) is 13.9. The van der Waals surface area contributed by atoms with Crippen molar-refractivity contribution in [2.24, 2.45) is 0 Å². The Balaban J connectivity index is 1.61. The summed E-state index contributed by atoms with van der Waals surface area (Å²) in [6.45, 7) is 5.38. The molecule has 1 aromatic carbocycles. The van der Waals surface area contributed by atoms with Gasteiger partial charge in [0.15, 0.2) is 0 Å². The zero-order valence-corrected chi connectivity index (χ0v) is 13.9. The van der Waals surface area contributed by atoms with Gasteiger partial charge in [-0.3, -0.25) is 4.79 Å². The standard InChI is InChI=1S/C18H23N3O2/c1-13-12-20-14(2)21(13)11-10-19-17(22)18(8-9-18)15-4-6-16(23-3)7-5-15/h4-7,12H,8-11H2,1-3H3,(H,19,22). The van der Waals surface area contributed by atoms with Gasteiger partial charge in [-0.25, -0.2) is 4.98 Å². The molecule has 0 radical (unpaired) electrons. The minimum absolute atomic E-state index is 0.123. The predicted octanol–water partition coefficient (Wildman–Crippen LogP) is 2.36. The molecule has 23 heavy (non-hydrogen) atoms. The lowest BCUT2D eigenvalue weighted by atomic mass is 9.95. The van der Waals surface area contributed by atoms with E-state index >= 15 is 0 Å². The fourth-order valence-corrected chi connectivity index (χ4v) is 3.05. The van der Waals surface area contributed by atoms with E-state index in [0.717, 1.165) is 42.2 Å². The van der Waals surface area contributed by atoms with E-state index < -0.39 is 0 Å². The zero-order chi connectivity index (χ0) is 16.4. The van der Waals surface area contributed by atoms with Gasteiger partial charge >= 0.3 is 0 Å². The number of nitrogens with zero attached hydrogens (tertiary/aromatic N) is 2. The summed E-state index contributed by atoms with van der Waals surface area (Å²) in [5, 5.41) is 3.09. The summed E-state index contributed by atoms with van der Waals surface area (Å²) in [5.74, 6) is 1.92. The Morgan fingerprint density at radius 1 is 1.30 bits per heavy atom. The molecule has 5 nitrogen and oxygen atoms in total. The Hall–Kier alpha value is -2.30. The average Bonchev–Trinajstić information content (AvgIpc) is 3.32. The van der Waals surface area contributed by atoms with E-state index in [-0.39, 0.29) is 11.3 Å². The van der Waals surface area contributed by atoms with Gasteiger partial charge in [0.2, 0.25) is 5.91 Å². The maximum atomic E-state index is 12.6. The van der Waals surface area contributed by atoms with Crippen molar-refractivity contribution in [1.29, 1.82) is 0 Å². The molecular formula is C18H23N3O2. The molecule has 0 atom stereocenters. The fourth-order valence-electron chi connectivity index (χ4n) is 3.05. The van der Waals surface area contributed by atoms with Crippen LogP contribution < -0.4 is 10.1 Å². The van der Waals surface area contributed by atoms with Crippen LogP contribution in [0.3, 0.4) is 0 Å². The lowest BCUT2D eigenvalue weighted by Crippen LogP contribution is -2.36. The molecule has 2 aromatic rings. The third-order valence-electron chi connectivity index (χ3n) is 4.70. The van der Waals surface area contributed by atoms with E-state index in [2.05, 4.69) is 14.9 Å². The Bertz CT molecular complexity index is 680. The number of hydrogen-bond donors (Lipinski definition) is 1. The third-order valence-corrected chi connectivity index (χ3v) is 4.70. The average molecular weight is 313 g/mol. The minimum Gasteiger partial charge on any atom is -0.497 e. The molecule has 1 aromatic heterocycles. The summed E-state index contributed by atoms with van der Waals surface area (Å²) < 4.78 is 7.30. The lowest BCUT2D eigenvalue weighted by Gasteiger charge is -2.17. The second kappa shape index (κ2) is 6.07. The van der Waals surface area contributed by atoms with Crippen LogP contribution >= 0.6 is 0 Å². The highest BCUT2D eigenvalue weighted by Gasteiger charge is 2.51. The number of carbonyl (C=O) groups excluding carboxylic acids is 1. The molecule has 1 fully saturated rings. The smallest absolute Gasteiger partial charge is 0.230 e. The van der Waals surface area contributed by atoms with Gasteiger partial charge in [0, 0.05) is 25.0 Å².